The molecule has 1 amide bonds. The maximum absolute atomic E-state index is 12.4. The number of anilines is 1. The van der Waals surface area contributed by atoms with E-state index in [9.17, 15) is 9.59 Å². The summed E-state index contributed by atoms with van der Waals surface area (Å²) >= 11 is 1.44. The van der Waals surface area contributed by atoms with Crippen LogP contribution in [0.25, 0.3) is 10.2 Å². The van der Waals surface area contributed by atoms with Crippen molar-refractivity contribution in [3.05, 3.63) is 57.5 Å². The highest BCUT2D eigenvalue weighted by Crippen LogP contribution is 2.31. The minimum absolute atomic E-state index is 0.0149. The van der Waals surface area contributed by atoms with E-state index in [1.54, 1.807) is 6.07 Å². The first-order valence-electron chi connectivity index (χ1n) is 8.72. The van der Waals surface area contributed by atoms with Gasteiger partial charge in [-0.15, -0.1) is 11.3 Å². The number of amides is 1. The number of benzene rings is 1. The van der Waals surface area contributed by atoms with Gasteiger partial charge in [0.1, 0.15) is 4.83 Å². The number of carbonyl (C=O) groups is 1. The predicted molar refractivity (Wildman–Crippen MR) is 103 cm³/mol. The van der Waals surface area contributed by atoms with Crippen molar-refractivity contribution in [2.75, 3.05) is 5.73 Å². The smallest absolute Gasteiger partial charge is 0.262 e. The lowest BCUT2D eigenvalue weighted by atomic mass is 9.87. The molecular formula is C19H20N4O2S. The number of nitrogen functional groups attached to an aromatic ring is 1. The Labute approximate surface area is 154 Å². The third-order valence-electron chi connectivity index (χ3n) is 4.85. The molecule has 0 saturated carbocycles. The van der Waals surface area contributed by atoms with Gasteiger partial charge in [-0.2, -0.15) is 0 Å². The summed E-state index contributed by atoms with van der Waals surface area (Å²) in [5.41, 5.74) is 8.89. The van der Waals surface area contributed by atoms with E-state index < -0.39 is 0 Å². The van der Waals surface area contributed by atoms with Gasteiger partial charge in [-0.3, -0.25) is 14.2 Å². The minimum atomic E-state index is -0.0949. The molecule has 3 N–H and O–H groups in total. The van der Waals surface area contributed by atoms with E-state index in [1.807, 2.05) is 23.6 Å². The van der Waals surface area contributed by atoms with Crippen LogP contribution in [0.1, 0.15) is 36.4 Å². The molecule has 2 aromatic heterocycles. The maximum atomic E-state index is 12.4. The third kappa shape index (κ3) is 3.22. The van der Waals surface area contributed by atoms with Crippen LogP contribution in [0.4, 0.5) is 5.69 Å². The Morgan fingerprint density at radius 3 is 3.15 bits per heavy atom. The van der Waals surface area contributed by atoms with E-state index in [4.69, 9.17) is 5.73 Å². The highest BCUT2D eigenvalue weighted by molar-refractivity contribution is 7.16. The first-order valence-corrected chi connectivity index (χ1v) is 9.60. The molecular weight excluding hydrogens is 348 g/mol. The van der Waals surface area contributed by atoms with Crippen molar-refractivity contribution in [1.29, 1.82) is 0 Å². The number of thiophene rings is 1. The van der Waals surface area contributed by atoms with Crippen molar-refractivity contribution >= 4 is 33.1 Å². The number of nitrogens with two attached hydrogens (primary N) is 1. The van der Waals surface area contributed by atoms with Crippen molar-refractivity contribution in [1.82, 2.24) is 14.9 Å². The zero-order chi connectivity index (χ0) is 18.1. The summed E-state index contributed by atoms with van der Waals surface area (Å²) in [6, 6.07) is 7.67. The van der Waals surface area contributed by atoms with E-state index >= 15 is 0 Å². The Balaban J connectivity index is 1.43. The van der Waals surface area contributed by atoms with Crippen LogP contribution in [0.2, 0.25) is 0 Å². The first kappa shape index (κ1) is 16.8. The lowest BCUT2D eigenvalue weighted by molar-refractivity contribution is -0.122. The fraction of sp³-hybridized carbons (Fsp3) is 0.316. The first-order chi connectivity index (χ1) is 12.6. The Kier molecular flexibility index (Phi) is 4.46. The summed E-state index contributed by atoms with van der Waals surface area (Å²) in [4.78, 5) is 29.8. The third-order valence-corrected chi connectivity index (χ3v) is 5.67. The summed E-state index contributed by atoms with van der Waals surface area (Å²) in [5, 5.41) is 5.56. The van der Waals surface area contributed by atoms with Gasteiger partial charge in [-0.1, -0.05) is 6.07 Å². The lowest BCUT2D eigenvalue weighted by Gasteiger charge is -2.26. The topological polar surface area (TPSA) is 90.0 Å². The molecule has 26 heavy (non-hydrogen) atoms. The fourth-order valence-corrected chi connectivity index (χ4v) is 4.25. The van der Waals surface area contributed by atoms with E-state index in [1.165, 1.54) is 27.8 Å². The van der Waals surface area contributed by atoms with Crippen molar-refractivity contribution in [3.8, 4) is 0 Å². The van der Waals surface area contributed by atoms with Crippen LogP contribution in [0.5, 0.6) is 0 Å². The molecule has 1 atom stereocenters. The Hall–Kier alpha value is -2.67. The molecule has 7 heteroatoms. The van der Waals surface area contributed by atoms with Gasteiger partial charge in [0, 0.05) is 18.7 Å². The van der Waals surface area contributed by atoms with Crippen LogP contribution in [0, 0.1) is 0 Å². The number of hydrogen-bond donors (Lipinski definition) is 2. The second-order valence-electron chi connectivity index (χ2n) is 6.60. The van der Waals surface area contributed by atoms with Gasteiger partial charge in [-0.25, -0.2) is 4.98 Å². The molecule has 1 aliphatic carbocycles. The van der Waals surface area contributed by atoms with Crippen molar-refractivity contribution in [2.45, 2.75) is 38.3 Å². The quantitative estimate of drug-likeness (QED) is 0.693. The van der Waals surface area contributed by atoms with Crippen molar-refractivity contribution < 1.29 is 4.79 Å². The number of carbonyl (C=O) groups excluding carboxylic acids is 1. The second-order valence-corrected chi connectivity index (χ2v) is 7.50. The van der Waals surface area contributed by atoms with Gasteiger partial charge >= 0.3 is 0 Å². The van der Waals surface area contributed by atoms with Crippen LogP contribution in [-0.4, -0.2) is 15.5 Å². The second kappa shape index (κ2) is 6.92. The lowest BCUT2D eigenvalue weighted by Crippen LogP contribution is -2.32. The number of rotatable bonds is 4. The van der Waals surface area contributed by atoms with Crippen molar-refractivity contribution in [3.63, 3.8) is 0 Å². The number of nitrogens with one attached hydrogen (secondary N) is 1. The molecule has 0 radical (unpaired) electrons. The largest absolute Gasteiger partial charge is 0.399 e. The summed E-state index contributed by atoms with van der Waals surface area (Å²) in [6.45, 7) is 0.324. The van der Waals surface area contributed by atoms with Gasteiger partial charge in [0.05, 0.1) is 17.8 Å². The SMILES string of the molecule is Nc1ccc2c(c1)CCCC2NC(=O)CCn1cnc2sccc2c1=O. The van der Waals surface area contributed by atoms with Gasteiger partial charge in [0.2, 0.25) is 5.91 Å². The van der Waals surface area contributed by atoms with Gasteiger partial charge in [0.15, 0.2) is 0 Å². The molecule has 0 fully saturated rings. The minimum Gasteiger partial charge on any atom is -0.399 e. The van der Waals surface area contributed by atoms with E-state index in [-0.39, 0.29) is 23.9 Å². The Morgan fingerprint density at radius 1 is 1.38 bits per heavy atom. The summed E-state index contributed by atoms with van der Waals surface area (Å²) in [7, 11) is 0. The average Bonchev–Trinajstić information content (AvgIpc) is 3.11. The van der Waals surface area contributed by atoms with Gasteiger partial charge < -0.3 is 11.1 Å². The van der Waals surface area contributed by atoms with Gasteiger partial charge in [0.25, 0.3) is 5.56 Å². The van der Waals surface area contributed by atoms with E-state index in [0.29, 0.717) is 11.9 Å². The monoisotopic (exact) mass is 368 g/mol. The molecule has 3 aromatic rings. The van der Waals surface area contributed by atoms with Crippen LogP contribution >= 0.6 is 11.3 Å². The summed E-state index contributed by atoms with van der Waals surface area (Å²) < 4.78 is 1.50. The van der Waals surface area contributed by atoms with Crippen molar-refractivity contribution in [2.24, 2.45) is 0 Å². The van der Waals surface area contributed by atoms with Crippen LogP contribution in [0.15, 0.2) is 40.8 Å². The number of hydrogen-bond acceptors (Lipinski definition) is 5. The van der Waals surface area contributed by atoms with Crippen LogP contribution in [-0.2, 0) is 17.8 Å². The molecule has 2 heterocycles. The average molecular weight is 368 g/mol. The molecule has 1 unspecified atom stereocenters. The maximum Gasteiger partial charge on any atom is 0.262 e. The van der Waals surface area contributed by atoms with E-state index in [2.05, 4.69) is 10.3 Å². The summed E-state index contributed by atoms with van der Waals surface area (Å²) in [5.74, 6) is -0.0583. The van der Waals surface area contributed by atoms with E-state index in [0.717, 1.165) is 35.3 Å². The molecule has 0 spiro atoms. The fourth-order valence-electron chi connectivity index (χ4n) is 3.53. The number of nitrogens with zero attached hydrogens (tertiary/aromatic N) is 2. The zero-order valence-electron chi connectivity index (χ0n) is 14.3. The normalized spacial score (nSPS) is 16.4. The molecule has 134 valence electrons. The molecule has 0 aliphatic heterocycles. The zero-order valence-corrected chi connectivity index (χ0v) is 15.1. The molecule has 6 nitrogen and oxygen atoms in total. The Morgan fingerprint density at radius 2 is 2.27 bits per heavy atom. The highest BCUT2D eigenvalue weighted by Gasteiger charge is 2.21. The molecule has 0 bridgehead atoms. The Bertz CT molecular complexity index is 1020. The standard InChI is InChI=1S/C19H20N4O2S/c20-13-4-5-14-12(10-13)2-1-3-16(14)22-17(24)6-8-23-11-21-18-15(19(23)25)7-9-26-18/h4-5,7,9-11,16H,1-3,6,8,20H2,(H,22,24). The number of aryl methyl sites for hydroxylation is 2. The molecule has 0 saturated heterocycles. The summed E-state index contributed by atoms with van der Waals surface area (Å²) in [6.07, 6.45) is 4.71. The van der Waals surface area contributed by atoms with Crippen LogP contribution < -0.4 is 16.6 Å². The molecule has 1 aliphatic rings. The van der Waals surface area contributed by atoms with Gasteiger partial charge in [-0.05, 0) is 54.0 Å². The number of fused-ring (bicyclic) bond motifs is 2. The highest BCUT2D eigenvalue weighted by atomic mass is 32.1. The predicted octanol–water partition coefficient (Wildman–Crippen LogP) is 2.62. The number of aromatic nitrogens is 2. The molecule has 4 rings (SSSR count). The van der Waals surface area contributed by atoms with Crippen LogP contribution in [0.3, 0.4) is 0 Å². The molecule has 1 aromatic carbocycles.